The summed E-state index contributed by atoms with van der Waals surface area (Å²) >= 11 is 0. The van der Waals surface area contributed by atoms with Gasteiger partial charge >= 0.3 is 0 Å². The van der Waals surface area contributed by atoms with E-state index in [0.717, 1.165) is 6.42 Å². The van der Waals surface area contributed by atoms with Crippen molar-refractivity contribution in [3.8, 4) is 0 Å². The van der Waals surface area contributed by atoms with Crippen molar-refractivity contribution in [1.29, 1.82) is 0 Å². The van der Waals surface area contributed by atoms with Gasteiger partial charge < -0.3 is 0 Å². The van der Waals surface area contributed by atoms with Crippen molar-refractivity contribution in [1.82, 2.24) is 0 Å². The van der Waals surface area contributed by atoms with E-state index < -0.39 is 0 Å². The first-order valence-corrected chi connectivity index (χ1v) is 9.85. The maximum Gasteiger partial charge on any atom is -0.000771 e. The van der Waals surface area contributed by atoms with Crippen LogP contribution >= 0.6 is 0 Å². The number of aryl methyl sites for hydroxylation is 1. The van der Waals surface area contributed by atoms with Crippen molar-refractivity contribution >= 4 is 0 Å². The Labute approximate surface area is 159 Å². The molecule has 1 aliphatic carbocycles. The first-order valence-electron chi connectivity index (χ1n) is 9.85. The standard InChI is InChI=1S/C18H22.3C2H6.CH4/c1-15-9-6-7-14-18(15)16(2)10-8-13-17-11-4-3-5-12-17;3*1-2;/h4,6-12,14,16H,3,5,13H2,1-2H3;3*1-2H3;1H4/b10-8-;;;;. The van der Waals surface area contributed by atoms with Crippen LogP contribution < -0.4 is 0 Å². The van der Waals surface area contributed by atoms with E-state index in [-0.39, 0.29) is 7.43 Å². The normalized spacial score (nSPS) is 12.9. The summed E-state index contributed by atoms with van der Waals surface area (Å²) in [5.74, 6) is 0.499. The third-order valence-corrected chi connectivity index (χ3v) is 3.53. The molecule has 0 heteroatoms. The van der Waals surface area contributed by atoms with Crippen molar-refractivity contribution in [2.75, 3.05) is 0 Å². The van der Waals surface area contributed by atoms with Gasteiger partial charge in [-0.2, -0.15) is 0 Å². The van der Waals surface area contributed by atoms with E-state index in [0.29, 0.717) is 5.92 Å². The van der Waals surface area contributed by atoms with E-state index in [1.165, 1.54) is 29.5 Å². The van der Waals surface area contributed by atoms with Gasteiger partial charge in [0.2, 0.25) is 0 Å². The Hall–Kier alpha value is -1.56. The van der Waals surface area contributed by atoms with Crippen molar-refractivity contribution in [3.05, 3.63) is 71.3 Å². The van der Waals surface area contributed by atoms with E-state index in [4.69, 9.17) is 0 Å². The van der Waals surface area contributed by atoms with Gasteiger partial charge in [0.1, 0.15) is 0 Å². The lowest BCUT2D eigenvalue weighted by Gasteiger charge is -2.10. The number of hydrogen-bond donors (Lipinski definition) is 0. The van der Waals surface area contributed by atoms with Crippen LogP contribution in [-0.4, -0.2) is 0 Å². The molecular formula is C25H44. The van der Waals surface area contributed by atoms with Gasteiger partial charge in [-0.15, -0.1) is 0 Å². The molecule has 1 aliphatic rings. The Kier molecular flexibility index (Phi) is 23.1. The highest BCUT2D eigenvalue weighted by molar-refractivity contribution is 5.32. The van der Waals surface area contributed by atoms with Gasteiger partial charge in [-0.1, -0.05) is 111 Å². The Balaban J connectivity index is -0.000000626. The first kappa shape index (κ1) is 28.3. The van der Waals surface area contributed by atoms with E-state index in [1.54, 1.807) is 0 Å². The number of hydrogen-bond acceptors (Lipinski definition) is 0. The fourth-order valence-electron chi connectivity index (χ4n) is 2.43. The van der Waals surface area contributed by atoms with Gasteiger partial charge in [-0.25, -0.2) is 0 Å². The molecule has 144 valence electrons. The van der Waals surface area contributed by atoms with Crippen LogP contribution in [0.5, 0.6) is 0 Å². The minimum absolute atomic E-state index is 0. The van der Waals surface area contributed by atoms with Crippen LogP contribution in [0.3, 0.4) is 0 Å². The molecule has 0 heterocycles. The van der Waals surface area contributed by atoms with Crippen LogP contribution in [0.4, 0.5) is 0 Å². The summed E-state index contributed by atoms with van der Waals surface area (Å²) in [5.41, 5.74) is 4.27. The third-order valence-electron chi connectivity index (χ3n) is 3.53. The molecule has 0 nitrogen and oxygen atoms in total. The van der Waals surface area contributed by atoms with Crippen LogP contribution in [0.25, 0.3) is 0 Å². The molecule has 1 unspecified atom stereocenters. The average Bonchev–Trinajstić information content (AvgIpc) is 2.68. The molecular weight excluding hydrogens is 300 g/mol. The lowest BCUT2D eigenvalue weighted by Crippen LogP contribution is -1.92. The summed E-state index contributed by atoms with van der Waals surface area (Å²) in [7, 11) is 0. The maximum atomic E-state index is 2.35. The SMILES string of the molecule is C.CC.CC.CC.Cc1ccccc1C(C)/C=C\CC1=CCCC=C1. The van der Waals surface area contributed by atoms with Crippen molar-refractivity contribution in [3.63, 3.8) is 0 Å². The van der Waals surface area contributed by atoms with Crippen LogP contribution in [0, 0.1) is 6.92 Å². The molecule has 25 heavy (non-hydrogen) atoms. The molecule has 0 radical (unpaired) electrons. The van der Waals surface area contributed by atoms with Crippen LogP contribution in [0.15, 0.2) is 60.2 Å². The van der Waals surface area contributed by atoms with Gasteiger partial charge in [0, 0.05) is 0 Å². The summed E-state index contributed by atoms with van der Waals surface area (Å²) in [4.78, 5) is 0. The molecule has 0 saturated carbocycles. The molecule has 0 saturated heterocycles. The zero-order valence-electron chi connectivity index (χ0n) is 17.4. The highest BCUT2D eigenvalue weighted by Gasteiger charge is 2.03. The Morgan fingerprint density at radius 1 is 0.960 bits per heavy atom. The van der Waals surface area contributed by atoms with E-state index in [9.17, 15) is 0 Å². The zero-order chi connectivity index (χ0) is 18.8. The molecule has 0 amide bonds. The zero-order valence-corrected chi connectivity index (χ0v) is 17.4. The predicted molar refractivity (Wildman–Crippen MR) is 121 cm³/mol. The van der Waals surface area contributed by atoms with E-state index in [2.05, 4.69) is 68.5 Å². The maximum absolute atomic E-state index is 2.35. The fraction of sp³-hybridized carbons (Fsp3) is 0.520. The second-order valence-corrected chi connectivity index (χ2v) is 5.04. The molecule has 1 aromatic carbocycles. The van der Waals surface area contributed by atoms with Gasteiger partial charge in [-0.3, -0.25) is 0 Å². The van der Waals surface area contributed by atoms with E-state index in [1.807, 2.05) is 41.5 Å². The molecule has 2 rings (SSSR count). The Morgan fingerprint density at radius 2 is 1.56 bits per heavy atom. The van der Waals surface area contributed by atoms with Gasteiger partial charge in [0.05, 0.1) is 0 Å². The second-order valence-electron chi connectivity index (χ2n) is 5.04. The third kappa shape index (κ3) is 12.5. The van der Waals surface area contributed by atoms with Crippen LogP contribution in [0.1, 0.15) is 92.2 Å². The quantitative estimate of drug-likeness (QED) is 0.478. The van der Waals surface area contributed by atoms with Crippen molar-refractivity contribution in [2.24, 2.45) is 0 Å². The summed E-state index contributed by atoms with van der Waals surface area (Å²) in [5, 5.41) is 0. The lowest BCUT2D eigenvalue weighted by molar-refractivity contribution is 0.942. The number of rotatable bonds is 4. The van der Waals surface area contributed by atoms with E-state index >= 15 is 0 Å². The highest BCUT2D eigenvalue weighted by atomic mass is 14.1. The van der Waals surface area contributed by atoms with Gasteiger partial charge in [0.25, 0.3) is 0 Å². The second kappa shape index (κ2) is 20.5. The average molecular weight is 345 g/mol. The smallest absolute Gasteiger partial charge is 0.000771 e. The highest BCUT2D eigenvalue weighted by Crippen LogP contribution is 2.21. The summed E-state index contributed by atoms with van der Waals surface area (Å²) < 4.78 is 0. The molecule has 0 fully saturated rings. The van der Waals surface area contributed by atoms with Gasteiger partial charge in [0.15, 0.2) is 0 Å². The molecule has 0 N–H and O–H groups in total. The van der Waals surface area contributed by atoms with Crippen LogP contribution in [0.2, 0.25) is 0 Å². The minimum atomic E-state index is 0. The summed E-state index contributed by atoms with van der Waals surface area (Å²) in [6.07, 6.45) is 15.0. The molecule has 1 atom stereocenters. The molecule has 0 aromatic heterocycles. The molecule has 0 spiro atoms. The van der Waals surface area contributed by atoms with Gasteiger partial charge in [-0.05, 0) is 48.8 Å². The van der Waals surface area contributed by atoms with Crippen molar-refractivity contribution < 1.29 is 0 Å². The fourth-order valence-corrected chi connectivity index (χ4v) is 2.43. The summed E-state index contributed by atoms with van der Waals surface area (Å²) in [6, 6.07) is 8.64. The monoisotopic (exact) mass is 344 g/mol. The van der Waals surface area contributed by atoms with Crippen LogP contribution in [-0.2, 0) is 0 Å². The molecule has 0 bridgehead atoms. The lowest BCUT2D eigenvalue weighted by atomic mass is 9.95. The van der Waals surface area contributed by atoms with Crippen molar-refractivity contribution in [2.45, 2.75) is 88.0 Å². The first-order chi connectivity index (χ1) is 11.8. The summed E-state index contributed by atoms with van der Waals surface area (Å²) in [6.45, 7) is 16.5. The minimum Gasteiger partial charge on any atom is -0.0840 e. The molecule has 0 aliphatic heterocycles. The molecule has 1 aromatic rings. The Bertz CT molecular complexity index is 475. The predicted octanol–water partition coefficient (Wildman–Crippen LogP) is 9.04. The number of benzene rings is 1. The topological polar surface area (TPSA) is 0 Å². The Morgan fingerprint density at radius 3 is 2.08 bits per heavy atom. The largest absolute Gasteiger partial charge is 0.0840 e. The number of allylic oxidation sites excluding steroid dienone is 6.